The zero-order valence-electron chi connectivity index (χ0n) is 25.2. The molecular formula is C38H31AlN2O3. The Balaban J connectivity index is 1.25. The molecule has 0 saturated carbocycles. The molecule has 7 aromatic rings. The van der Waals surface area contributed by atoms with Gasteiger partial charge in [-0.15, -0.1) is 0 Å². The van der Waals surface area contributed by atoms with Gasteiger partial charge in [-0.25, -0.2) is 9.97 Å². The Morgan fingerprint density at radius 2 is 1.00 bits per heavy atom. The highest BCUT2D eigenvalue weighted by atomic mass is 27.3. The van der Waals surface area contributed by atoms with Gasteiger partial charge in [0.25, 0.3) is 0 Å². The van der Waals surface area contributed by atoms with E-state index in [-0.39, 0.29) is 0 Å². The normalized spacial score (nSPS) is 11.2. The topological polar surface area (TPSA) is 53.5 Å². The highest BCUT2D eigenvalue weighted by molar-refractivity contribution is 6.40. The molecule has 2 aromatic heterocycles. The largest absolute Gasteiger partial charge is 1.20 e. The summed E-state index contributed by atoms with van der Waals surface area (Å²) in [7, 11) is 0. The van der Waals surface area contributed by atoms with Gasteiger partial charge < -0.3 is 11.4 Å². The first kappa shape index (κ1) is 27.9. The van der Waals surface area contributed by atoms with Gasteiger partial charge in [-0.05, 0) is 92.1 Å². The Bertz CT molecular complexity index is 2070. The number of nitrogens with zero attached hydrogens (tertiary/aromatic N) is 2. The third-order valence-electron chi connectivity index (χ3n) is 7.69. The van der Waals surface area contributed by atoms with Crippen molar-refractivity contribution in [3.8, 4) is 28.4 Å². The number of aromatic nitrogens is 2. The van der Waals surface area contributed by atoms with Gasteiger partial charge in [0.1, 0.15) is 22.5 Å². The van der Waals surface area contributed by atoms with Gasteiger partial charge in [0.2, 0.25) is 0 Å². The van der Waals surface area contributed by atoms with E-state index in [1.54, 1.807) is 0 Å². The number of hydrogen-bond donors (Lipinski definition) is 0. The molecule has 5 nitrogen and oxygen atoms in total. The highest BCUT2D eigenvalue weighted by Crippen LogP contribution is 2.31. The van der Waals surface area contributed by atoms with E-state index in [0.717, 1.165) is 44.0 Å². The number of fused-ring (bicyclic) bond motifs is 3. The van der Waals surface area contributed by atoms with E-state index in [9.17, 15) is 0 Å². The van der Waals surface area contributed by atoms with Crippen LogP contribution in [0, 0.1) is 27.7 Å². The van der Waals surface area contributed by atoms with Crippen molar-refractivity contribution in [3.05, 3.63) is 138 Å². The fraction of sp³-hybridized carbons (Fsp3) is 0.105. The van der Waals surface area contributed by atoms with Crippen LogP contribution >= 0.6 is 0 Å². The highest BCUT2D eigenvalue weighted by Gasteiger charge is 2.45. The number of hydrogen-bond acceptors (Lipinski definition) is 5. The molecule has 5 aromatic carbocycles. The summed E-state index contributed by atoms with van der Waals surface area (Å²) in [5.74, 6) is 1.94. The van der Waals surface area contributed by atoms with Crippen LogP contribution in [0.5, 0.6) is 17.2 Å². The fourth-order valence-corrected chi connectivity index (χ4v) is 6.94. The molecule has 7 rings (SSSR count). The summed E-state index contributed by atoms with van der Waals surface area (Å²) >= 11 is -2.89. The molecule has 0 aliphatic rings. The Labute approximate surface area is 262 Å². The molecule has 2 heterocycles. The van der Waals surface area contributed by atoms with E-state index < -0.39 is 15.1 Å². The van der Waals surface area contributed by atoms with Crippen LogP contribution in [0.1, 0.15) is 22.5 Å². The predicted molar refractivity (Wildman–Crippen MR) is 179 cm³/mol. The van der Waals surface area contributed by atoms with Gasteiger partial charge in [0, 0.05) is 22.2 Å². The van der Waals surface area contributed by atoms with Gasteiger partial charge in [-0.2, -0.15) is 0 Å². The third-order valence-corrected chi connectivity index (χ3v) is 9.05. The van der Waals surface area contributed by atoms with Gasteiger partial charge in [0.15, 0.2) is 0 Å². The van der Waals surface area contributed by atoms with Crippen LogP contribution in [-0.4, -0.2) is 25.1 Å². The van der Waals surface area contributed by atoms with E-state index in [2.05, 4.69) is 68.4 Å². The summed E-state index contributed by atoms with van der Waals surface area (Å²) in [5, 5.41) is 4.20. The van der Waals surface area contributed by atoms with Crippen LogP contribution in [0.3, 0.4) is 0 Å². The average Bonchev–Trinajstić information content (AvgIpc) is 3.01. The van der Waals surface area contributed by atoms with Gasteiger partial charge >= 0.3 is 15.1 Å². The minimum atomic E-state index is -2.89. The number of rotatable bonds is 7. The summed E-state index contributed by atoms with van der Waals surface area (Å²) in [4.78, 5) is 9.53. The maximum Gasteiger partial charge on any atom is 1.20 e. The maximum atomic E-state index is 6.59. The number of para-hydroxylation sites is 2. The first-order chi connectivity index (χ1) is 21.4. The molecule has 0 N–H and O–H groups in total. The molecule has 0 saturated heterocycles. The molecule has 44 heavy (non-hydrogen) atoms. The van der Waals surface area contributed by atoms with Crippen molar-refractivity contribution >= 4 is 47.7 Å². The Hall–Kier alpha value is -4.89. The van der Waals surface area contributed by atoms with Crippen molar-refractivity contribution < 1.29 is 11.4 Å². The van der Waals surface area contributed by atoms with Gasteiger partial charge in [-0.1, -0.05) is 83.9 Å². The summed E-state index contributed by atoms with van der Waals surface area (Å²) in [6.07, 6.45) is 0. The zero-order chi connectivity index (χ0) is 30.2. The van der Waals surface area contributed by atoms with Gasteiger partial charge in [-0.3, -0.25) is 0 Å². The lowest BCUT2D eigenvalue weighted by molar-refractivity contribution is 0.310. The monoisotopic (exact) mass is 590 g/mol. The number of aryl methyl sites for hydroxylation is 4. The van der Waals surface area contributed by atoms with Crippen molar-refractivity contribution in [2.45, 2.75) is 27.7 Å². The summed E-state index contributed by atoms with van der Waals surface area (Å²) in [6.45, 7) is 8.22. The van der Waals surface area contributed by atoms with Crippen molar-refractivity contribution in [1.82, 2.24) is 9.97 Å². The average molecular weight is 591 g/mol. The van der Waals surface area contributed by atoms with E-state index in [0.29, 0.717) is 17.2 Å². The Morgan fingerprint density at radius 3 is 1.61 bits per heavy atom. The summed E-state index contributed by atoms with van der Waals surface area (Å²) < 4.78 is 19.7. The Morgan fingerprint density at radius 1 is 0.455 bits per heavy atom. The molecule has 0 spiro atoms. The van der Waals surface area contributed by atoms with Crippen molar-refractivity contribution in [2.75, 3.05) is 0 Å². The summed E-state index contributed by atoms with van der Waals surface area (Å²) in [5.41, 5.74) is 8.31. The van der Waals surface area contributed by atoms with Gasteiger partial charge in [0.05, 0.1) is 5.75 Å². The SMILES string of the molecule is Cc1cc(C)cc(-c2ccc3cc([O][Al]([O]c4cccc5ccc(C)nc45)[O]c4cccc5ccc(C)nc45)ccc3c2)c1. The molecule has 0 unspecified atom stereocenters. The zero-order valence-corrected chi connectivity index (χ0v) is 26.3. The molecule has 0 aliphatic carbocycles. The lowest BCUT2D eigenvalue weighted by Gasteiger charge is -2.18. The lowest BCUT2D eigenvalue weighted by atomic mass is 9.98. The van der Waals surface area contributed by atoms with E-state index in [1.165, 1.54) is 22.3 Å². The minimum absolute atomic E-state index is 0.631. The third kappa shape index (κ3) is 5.83. The molecule has 0 atom stereocenters. The fourth-order valence-electron chi connectivity index (χ4n) is 5.63. The van der Waals surface area contributed by atoms with Crippen LogP contribution in [0.4, 0.5) is 0 Å². The van der Waals surface area contributed by atoms with Crippen LogP contribution in [0.15, 0.2) is 115 Å². The van der Waals surface area contributed by atoms with Crippen LogP contribution in [0.2, 0.25) is 0 Å². The van der Waals surface area contributed by atoms with Crippen molar-refractivity contribution in [1.29, 1.82) is 0 Å². The number of pyridine rings is 2. The van der Waals surface area contributed by atoms with Crippen molar-refractivity contribution in [3.63, 3.8) is 0 Å². The Kier molecular flexibility index (Phi) is 7.39. The molecule has 0 radical (unpaired) electrons. The predicted octanol–water partition coefficient (Wildman–Crippen LogP) is 9.36. The second-order valence-corrected chi connectivity index (χ2v) is 12.6. The van der Waals surface area contributed by atoms with Crippen LogP contribution < -0.4 is 11.4 Å². The molecule has 0 aliphatic heterocycles. The first-order valence-electron chi connectivity index (χ1n) is 14.7. The molecule has 214 valence electrons. The van der Waals surface area contributed by atoms with E-state index in [4.69, 9.17) is 21.3 Å². The molecule has 6 heteroatoms. The first-order valence-corrected chi connectivity index (χ1v) is 16.1. The standard InChI is InChI=1S/C18H16O.2C10H9NO.Al/c1-12-7-13(2)9-17(8-12)15-3-4-16-11-18(19)6-5-14(16)10-15;2*1-7-5-6-8-3-2-4-9(12)10(8)11-7;/h3-11,19H,1-2H3;2*2-6,12H,1H3;/q;;;+3/p-3. The van der Waals surface area contributed by atoms with Crippen LogP contribution in [0.25, 0.3) is 43.7 Å². The lowest BCUT2D eigenvalue weighted by Crippen LogP contribution is -2.37. The number of benzene rings is 5. The van der Waals surface area contributed by atoms with Crippen LogP contribution in [-0.2, 0) is 0 Å². The second kappa shape index (κ2) is 11.7. The van der Waals surface area contributed by atoms with E-state index >= 15 is 0 Å². The quantitative estimate of drug-likeness (QED) is 0.173. The minimum Gasteiger partial charge on any atom is -0.577 e. The van der Waals surface area contributed by atoms with E-state index in [1.807, 2.05) is 74.5 Å². The summed E-state index contributed by atoms with van der Waals surface area (Å²) in [6, 6.07) is 39.2. The molecule has 0 bridgehead atoms. The molecule has 0 amide bonds. The maximum absolute atomic E-state index is 6.59. The molecule has 0 fully saturated rings. The molecular weight excluding hydrogens is 559 g/mol. The smallest absolute Gasteiger partial charge is 0.577 e. The second-order valence-electron chi connectivity index (χ2n) is 11.3. The van der Waals surface area contributed by atoms with Crippen molar-refractivity contribution in [2.24, 2.45) is 0 Å².